The van der Waals surface area contributed by atoms with Crippen LogP contribution in [0.15, 0.2) is 58.9 Å². The van der Waals surface area contributed by atoms with Crippen LogP contribution in [0.1, 0.15) is 11.8 Å². The van der Waals surface area contributed by atoms with E-state index in [1.165, 1.54) is 11.3 Å². The van der Waals surface area contributed by atoms with Crippen LogP contribution in [0.5, 0.6) is 5.75 Å². The largest absolute Gasteiger partial charge is 0.494 e. The predicted molar refractivity (Wildman–Crippen MR) is 105 cm³/mol. The van der Waals surface area contributed by atoms with Gasteiger partial charge in [-0.3, -0.25) is 4.72 Å². The minimum absolute atomic E-state index is 0.272. The summed E-state index contributed by atoms with van der Waals surface area (Å²) in [6.07, 6.45) is 1.58. The molecule has 3 aromatic rings. The van der Waals surface area contributed by atoms with E-state index in [0.29, 0.717) is 6.61 Å². The summed E-state index contributed by atoms with van der Waals surface area (Å²) in [6.45, 7) is 4.43. The van der Waals surface area contributed by atoms with Gasteiger partial charge in [0.15, 0.2) is 0 Å². The number of benzene rings is 1. The number of sulfonamides is 1. The van der Waals surface area contributed by atoms with Crippen molar-refractivity contribution >= 4 is 38.6 Å². The zero-order chi connectivity index (χ0) is 18.6. The van der Waals surface area contributed by atoms with E-state index in [9.17, 15) is 8.42 Å². The van der Waals surface area contributed by atoms with Crippen LogP contribution in [-0.4, -0.2) is 20.0 Å². The third-order valence-corrected chi connectivity index (χ3v) is 6.28. The number of anilines is 3. The molecule has 2 heterocycles. The smallest absolute Gasteiger partial charge is 0.272 e. The third kappa shape index (κ3) is 4.53. The minimum atomic E-state index is -3.60. The molecule has 0 saturated heterocycles. The average Bonchev–Trinajstić information content (AvgIpc) is 3.06. The molecule has 2 N–H and O–H groups in total. The second-order valence-electron chi connectivity index (χ2n) is 5.49. The van der Waals surface area contributed by atoms with Crippen LogP contribution in [0.3, 0.4) is 0 Å². The first-order chi connectivity index (χ1) is 12.5. The van der Waals surface area contributed by atoms with Crippen LogP contribution in [0, 0.1) is 6.92 Å². The number of hydrogen-bond donors (Lipinski definition) is 2. The Labute approximate surface area is 156 Å². The molecule has 0 aliphatic carbocycles. The Kier molecular flexibility index (Phi) is 5.43. The zero-order valence-electron chi connectivity index (χ0n) is 14.4. The number of aromatic nitrogens is 1. The van der Waals surface area contributed by atoms with Gasteiger partial charge in [0.1, 0.15) is 15.8 Å². The fraction of sp³-hybridized carbons (Fsp3) is 0.167. The van der Waals surface area contributed by atoms with Gasteiger partial charge in [-0.05, 0) is 62.4 Å². The summed E-state index contributed by atoms with van der Waals surface area (Å²) in [7, 11) is -3.60. The molecular weight excluding hydrogens is 370 g/mol. The van der Waals surface area contributed by atoms with Crippen molar-refractivity contribution in [1.82, 2.24) is 4.98 Å². The summed E-state index contributed by atoms with van der Waals surface area (Å²) in [4.78, 5) is 5.10. The van der Waals surface area contributed by atoms with E-state index in [4.69, 9.17) is 4.74 Å². The lowest BCUT2D eigenvalue weighted by Crippen LogP contribution is -2.12. The van der Waals surface area contributed by atoms with Crippen molar-refractivity contribution in [3.05, 3.63) is 59.6 Å². The number of thiophene rings is 1. The highest BCUT2D eigenvalue weighted by Gasteiger charge is 2.16. The molecule has 0 atom stereocenters. The Morgan fingerprint density at radius 2 is 1.77 bits per heavy atom. The van der Waals surface area contributed by atoms with E-state index in [1.54, 1.807) is 30.5 Å². The molecule has 0 saturated carbocycles. The molecule has 136 valence electrons. The lowest BCUT2D eigenvalue weighted by molar-refractivity contribution is 0.340. The van der Waals surface area contributed by atoms with Crippen molar-refractivity contribution < 1.29 is 13.2 Å². The first kappa shape index (κ1) is 18.2. The van der Waals surface area contributed by atoms with Crippen molar-refractivity contribution in [2.45, 2.75) is 18.1 Å². The molecule has 1 aromatic carbocycles. The van der Waals surface area contributed by atoms with Crippen molar-refractivity contribution in [3.63, 3.8) is 0 Å². The summed E-state index contributed by atoms with van der Waals surface area (Å²) in [5.74, 6) is 1.08. The molecule has 0 spiro atoms. The molecule has 0 radical (unpaired) electrons. The number of nitrogens with zero attached hydrogens (tertiary/aromatic N) is 1. The second kappa shape index (κ2) is 7.76. The standard InChI is InChI=1S/C18H19N3O3S2/c1-3-24-16-8-5-14(6-9-16)20-15-7-10-17(19-12-15)21-26(22,23)18-11-4-13(2)25-18/h4-12,20H,3H2,1-2H3,(H,19,21). The topological polar surface area (TPSA) is 80.3 Å². The van der Waals surface area contributed by atoms with Gasteiger partial charge in [-0.2, -0.15) is 0 Å². The summed E-state index contributed by atoms with van der Waals surface area (Å²) >= 11 is 1.22. The number of ether oxygens (including phenoxy) is 1. The van der Waals surface area contributed by atoms with Crippen molar-refractivity contribution in [2.24, 2.45) is 0 Å². The molecule has 0 amide bonds. The maximum absolute atomic E-state index is 12.3. The Morgan fingerprint density at radius 3 is 2.35 bits per heavy atom. The van der Waals surface area contributed by atoms with Crippen LogP contribution in [0.4, 0.5) is 17.2 Å². The van der Waals surface area contributed by atoms with Crippen LogP contribution in [0.25, 0.3) is 0 Å². The molecule has 2 aromatic heterocycles. The lowest BCUT2D eigenvalue weighted by Gasteiger charge is -2.09. The average molecular weight is 390 g/mol. The normalized spacial score (nSPS) is 11.2. The maximum atomic E-state index is 12.3. The van der Waals surface area contributed by atoms with E-state index >= 15 is 0 Å². The van der Waals surface area contributed by atoms with E-state index in [-0.39, 0.29) is 10.0 Å². The van der Waals surface area contributed by atoms with Gasteiger partial charge in [-0.1, -0.05) is 0 Å². The summed E-state index contributed by atoms with van der Waals surface area (Å²) in [6, 6.07) is 14.3. The summed E-state index contributed by atoms with van der Waals surface area (Å²) < 4.78 is 32.8. The predicted octanol–water partition coefficient (Wildman–Crippen LogP) is 4.39. The van der Waals surface area contributed by atoms with Gasteiger partial charge in [0.05, 0.1) is 18.5 Å². The molecule has 0 aliphatic rings. The van der Waals surface area contributed by atoms with E-state index in [2.05, 4.69) is 15.0 Å². The van der Waals surface area contributed by atoms with Gasteiger partial charge >= 0.3 is 0 Å². The first-order valence-corrected chi connectivity index (χ1v) is 10.3. The lowest BCUT2D eigenvalue weighted by atomic mass is 10.3. The number of rotatable bonds is 7. The Bertz CT molecular complexity index is 966. The molecule has 8 heteroatoms. The highest BCUT2D eigenvalue weighted by Crippen LogP contribution is 2.24. The first-order valence-electron chi connectivity index (χ1n) is 8.01. The van der Waals surface area contributed by atoms with Gasteiger partial charge < -0.3 is 10.1 Å². The molecule has 3 rings (SSSR count). The zero-order valence-corrected chi connectivity index (χ0v) is 16.0. The summed E-state index contributed by atoms with van der Waals surface area (Å²) in [5, 5.41) is 3.21. The maximum Gasteiger partial charge on any atom is 0.272 e. The number of nitrogens with one attached hydrogen (secondary N) is 2. The quantitative estimate of drug-likeness (QED) is 0.626. The monoisotopic (exact) mass is 389 g/mol. The number of pyridine rings is 1. The van der Waals surface area contributed by atoms with Crippen molar-refractivity contribution in [2.75, 3.05) is 16.6 Å². The van der Waals surface area contributed by atoms with Crippen molar-refractivity contribution in [1.29, 1.82) is 0 Å². The molecule has 0 bridgehead atoms. The van der Waals surface area contributed by atoms with Crippen LogP contribution >= 0.6 is 11.3 Å². The minimum Gasteiger partial charge on any atom is -0.494 e. The highest BCUT2D eigenvalue weighted by atomic mass is 32.2. The fourth-order valence-electron chi connectivity index (χ4n) is 2.24. The molecule has 6 nitrogen and oxygen atoms in total. The summed E-state index contributed by atoms with van der Waals surface area (Å²) in [5.41, 5.74) is 1.64. The van der Waals surface area contributed by atoms with Gasteiger partial charge in [0.2, 0.25) is 0 Å². The SMILES string of the molecule is CCOc1ccc(Nc2ccc(NS(=O)(=O)c3ccc(C)s3)nc2)cc1. The van der Waals surface area contributed by atoms with Crippen LogP contribution in [0.2, 0.25) is 0 Å². The van der Waals surface area contributed by atoms with E-state index in [0.717, 1.165) is 22.0 Å². The van der Waals surface area contributed by atoms with E-state index < -0.39 is 10.0 Å². The molecule has 26 heavy (non-hydrogen) atoms. The van der Waals surface area contributed by atoms with Gasteiger partial charge in [-0.25, -0.2) is 13.4 Å². The Morgan fingerprint density at radius 1 is 1.04 bits per heavy atom. The highest BCUT2D eigenvalue weighted by molar-refractivity contribution is 7.94. The van der Waals surface area contributed by atoms with E-state index in [1.807, 2.05) is 38.1 Å². The molecule has 0 fully saturated rings. The third-order valence-electron chi connectivity index (χ3n) is 3.44. The van der Waals surface area contributed by atoms with Crippen LogP contribution < -0.4 is 14.8 Å². The van der Waals surface area contributed by atoms with Gasteiger partial charge in [0, 0.05) is 10.6 Å². The second-order valence-corrected chi connectivity index (χ2v) is 8.68. The number of aryl methyl sites for hydroxylation is 1. The van der Waals surface area contributed by atoms with Crippen molar-refractivity contribution in [3.8, 4) is 5.75 Å². The number of hydrogen-bond acceptors (Lipinski definition) is 6. The van der Waals surface area contributed by atoms with Gasteiger partial charge in [-0.15, -0.1) is 11.3 Å². The van der Waals surface area contributed by atoms with Gasteiger partial charge in [0.25, 0.3) is 10.0 Å². The molecular formula is C18H19N3O3S2. The van der Waals surface area contributed by atoms with Crippen LogP contribution in [-0.2, 0) is 10.0 Å². The Hall–Kier alpha value is -2.58. The fourth-order valence-corrected chi connectivity index (χ4v) is 4.53. The molecule has 0 unspecified atom stereocenters. The molecule has 0 aliphatic heterocycles. The Balaban J connectivity index is 1.66.